The van der Waals surface area contributed by atoms with Crippen molar-refractivity contribution >= 4 is 11.9 Å². The summed E-state index contributed by atoms with van der Waals surface area (Å²) in [5, 5.41) is 5.17. The van der Waals surface area contributed by atoms with Crippen LogP contribution in [0.5, 0.6) is 0 Å². The van der Waals surface area contributed by atoms with Crippen LogP contribution in [0.15, 0.2) is 0 Å². The standard InChI is InChI=1S/C14H24F3N3O2/c1-4-9(2)7-10(3)18-13(22)19-11-5-6-20(12(11)21)8-14(15,16)17/h9-11H,4-8H2,1-3H3,(H2,18,19,22)/t9-,10+,11+/m0/s1. The number of urea groups is 1. The van der Waals surface area contributed by atoms with Gasteiger partial charge in [0.25, 0.3) is 0 Å². The first kappa shape index (κ1) is 18.6. The molecule has 22 heavy (non-hydrogen) atoms. The fourth-order valence-electron chi connectivity index (χ4n) is 2.50. The predicted molar refractivity (Wildman–Crippen MR) is 76.2 cm³/mol. The molecule has 128 valence electrons. The highest BCUT2D eigenvalue weighted by Gasteiger charge is 2.39. The Morgan fingerprint density at radius 3 is 2.59 bits per heavy atom. The van der Waals surface area contributed by atoms with Crippen molar-refractivity contribution in [2.45, 2.75) is 58.3 Å². The highest BCUT2D eigenvalue weighted by atomic mass is 19.4. The molecule has 0 aromatic carbocycles. The Balaban J connectivity index is 2.41. The molecule has 2 N–H and O–H groups in total. The quantitative estimate of drug-likeness (QED) is 0.788. The Morgan fingerprint density at radius 1 is 1.41 bits per heavy atom. The van der Waals surface area contributed by atoms with Crippen molar-refractivity contribution in [1.29, 1.82) is 0 Å². The second-order valence-corrected chi connectivity index (χ2v) is 5.98. The first-order chi connectivity index (χ1) is 10.1. The van der Waals surface area contributed by atoms with Crippen molar-refractivity contribution in [3.05, 3.63) is 0 Å². The molecule has 0 aromatic heterocycles. The summed E-state index contributed by atoms with van der Waals surface area (Å²) >= 11 is 0. The first-order valence-electron chi connectivity index (χ1n) is 7.55. The van der Waals surface area contributed by atoms with Crippen LogP contribution < -0.4 is 10.6 Å². The molecule has 1 rings (SSSR count). The minimum Gasteiger partial charge on any atom is -0.336 e. The summed E-state index contributed by atoms with van der Waals surface area (Å²) in [4.78, 5) is 24.3. The van der Waals surface area contributed by atoms with Crippen LogP contribution in [-0.2, 0) is 4.79 Å². The van der Waals surface area contributed by atoms with E-state index in [0.29, 0.717) is 5.92 Å². The minimum absolute atomic E-state index is 0.00567. The molecule has 1 fully saturated rings. The van der Waals surface area contributed by atoms with E-state index in [4.69, 9.17) is 0 Å². The number of carbonyl (C=O) groups is 2. The summed E-state index contributed by atoms with van der Waals surface area (Å²) in [6, 6.07) is -1.45. The Bertz CT molecular complexity index is 401. The Labute approximate surface area is 128 Å². The van der Waals surface area contributed by atoms with E-state index in [9.17, 15) is 22.8 Å². The zero-order chi connectivity index (χ0) is 16.9. The number of hydrogen-bond acceptors (Lipinski definition) is 2. The van der Waals surface area contributed by atoms with Gasteiger partial charge < -0.3 is 15.5 Å². The smallest absolute Gasteiger partial charge is 0.336 e. The molecule has 1 saturated heterocycles. The van der Waals surface area contributed by atoms with Crippen LogP contribution in [0.4, 0.5) is 18.0 Å². The molecular weight excluding hydrogens is 299 g/mol. The van der Waals surface area contributed by atoms with Gasteiger partial charge in [0.15, 0.2) is 0 Å². The summed E-state index contributed by atoms with van der Waals surface area (Å²) in [5.74, 6) is -0.215. The van der Waals surface area contributed by atoms with E-state index in [2.05, 4.69) is 24.5 Å². The average Bonchev–Trinajstić information content (AvgIpc) is 2.69. The lowest BCUT2D eigenvalue weighted by Crippen LogP contribution is -2.49. The molecule has 1 heterocycles. The van der Waals surface area contributed by atoms with Crippen LogP contribution in [0.3, 0.4) is 0 Å². The van der Waals surface area contributed by atoms with E-state index in [1.165, 1.54) is 0 Å². The molecule has 1 aliphatic rings. The van der Waals surface area contributed by atoms with Gasteiger partial charge in [-0.3, -0.25) is 4.79 Å². The zero-order valence-corrected chi connectivity index (χ0v) is 13.2. The Kier molecular flexibility index (Phi) is 6.49. The topological polar surface area (TPSA) is 61.4 Å². The van der Waals surface area contributed by atoms with Crippen molar-refractivity contribution in [2.24, 2.45) is 5.92 Å². The molecule has 0 bridgehead atoms. The van der Waals surface area contributed by atoms with Gasteiger partial charge in [0, 0.05) is 12.6 Å². The van der Waals surface area contributed by atoms with Crippen LogP contribution in [-0.4, -0.2) is 48.2 Å². The number of alkyl halides is 3. The van der Waals surface area contributed by atoms with Crippen molar-refractivity contribution in [3.8, 4) is 0 Å². The van der Waals surface area contributed by atoms with Crippen LogP contribution in [0.25, 0.3) is 0 Å². The van der Waals surface area contributed by atoms with Crippen LogP contribution in [0.2, 0.25) is 0 Å². The second-order valence-electron chi connectivity index (χ2n) is 5.98. The van der Waals surface area contributed by atoms with Crippen molar-refractivity contribution in [1.82, 2.24) is 15.5 Å². The number of halogens is 3. The maximum absolute atomic E-state index is 12.3. The van der Waals surface area contributed by atoms with Gasteiger partial charge in [0.1, 0.15) is 12.6 Å². The van der Waals surface area contributed by atoms with Gasteiger partial charge in [-0.15, -0.1) is 0 Å². The van der Waals surface area contributed by atoms with Gasteiger partial charge in [-0.2, -0.15) is 13.2 Å². The number of nitrogens with zero attached hydrogens (tertiary/aromatic N) is 1. The Hall–Kier alpha value is -1.47. The van der Waals surface area contributed by atoms with Gasteiger partial charge >= 0.3 is 12.2 Å². The van der Waals surface area contributed by atoms with Crippen molar-refractivity contribution in [2.75, 3.05) is 13.1 Å². The number of amides is 3. The lowest BCUT2D eigenvalue weighted by atomic mass is 10.0. The highest BCUT2D eigenvalue weighted by molar-refractivity contribution is 5.88. The number of rotatable bonds is 6. The molecule has 0 unspecified atom stereocenters. The van der Waals surface area contributed by atoms with Crippen LogP contribution in [0, 0.1) is 5.92 Å². The van der Waals surface area contributed by atoms with E-state index in [1.54, 1.807) is 0 Å². The van der Waals surface area contributed by atoms with Gasteiger partial charge in [0.2, 0.25) is 5.91 Å². The fourth-order valence-corrected chi connectivity index (χ4v) is 2.50. The van der Waals surface area contributed by atoms with E-state index < -0.39 is 30.7 Å². The molecule has 5 nitrogen and oxygen atoms in total. The number of likely N-dealkylation sites (tertiary alicyclic amines) is 1. The van der Waals surface area contributed by atoms with E-state index in [-0.39, 0.29) is 19.0 Å². The van der Waals surface area contributed by atoms with Crippen LogP contribution >= 0.6 is 0 Å². The third-order valence-corrected chi connectivity index (χ3v) is 3.80. The predicted octanol–water partition coefficient (Wildman–Crippen LogP) is 2.27. The third-order valence-electron chi connectivity index (χ3n) is 3.80. The molecule has 0 aromatic rings. The third kappa shape index (κ3) is 6.11. The van der Waals surface area contributed by atoms with Gasteiger partial charge in [-0.25, -0.2) is 4.79 Å². The summed E-state index contributed by atoms with van der Waals surface area (Å²) in [6.07, 6.45) is -2.41. The van der Waals surface area contributed by atoms with Gasteiger partial charge in [-0.05, 0) is 25.7 Å². The van der Waals surface area contributed by atoms with Gasteiger partial charge in [-0.1, -0.05) is 20.3 Å². The molecule has 0 radical (unpaired) electrons. The lowest BCUT2D eigenvalue weighted by Gasteiger charge is -2.20. The average molecular weight is 323 g/mol. The highest BCUT2D eigenvalue weighted by Crippen LogP contribution is 2.20. The summed E-state index contributed by atoms with van der Waals surface area (Å²) in [5.41, 5.74) is 0. The molecular formula is C14H24F3N3O2. The largest absolute Gasteiger partial charge is 0.406 e. The van der Waals surface area contributed by atoms with E-state index in [1.807, 2.05) is 6.92 Å². The molecule has 1 aliphatic heterocycles. The molecule has 3 atom stereocenters. The van der Waals surface area contributed by atoms with E-state index in [0.717, 1.165) is 17.7 Å². The normalized spacial score (nSPS) is 21.6. The zero-order valence-electron chi connectivity index (χ0n) is 13.2. The van der Waals surface area contributed by atoms with Crippen LogP contribution in [0.1, 0.15) is 40.0 Å². The van der Waals surface area contributed by atoms with Gasteiger partial charge in [0.05, 0.1) is 0 Å². The lowest BCUT2D eigenvalue weighted by molar-refractivity contribution is -0.157. The molecule has 3 amide bonds. The molecule has 8 heteroatoms. The summed E-state index contributed by atoms with van der Waals surface area (Å²) in [7, 11) is 0. The maximum Gasteiger partial charge on any atom is 0.406 e. The maximum atomic E-state index is 12.3. The second kappa shape index (κ2) is 7.69. The first-order valence-corrected chi connectivity index (χ1v) is 7.55. The number of carbonyl (C=O) groups excluding carboxylic acids is 2. The van der Waals surface area contributed by atoms with Crippen molar-refractivity contribution < 1.29 is 22.8 Å². The fraction of sp³-hybridized carbons (Fsp3) is 0.857. The monoisotopic (exact) mass is 323 g/mol. The summed E-state index contributed by atoms with van der Waals surface area (Å²) in [6.45, 7) is 4.73. The number of nitrogens with one attached hydrogen (secondary N) is 2. The minimum atomic E-state index is -4.42. The number of hydrogen-bond donors (Lipinski definition) is 2. The molecule has 0 saturated carbocycles. The SMILES string of the molecule is CC[C@H](C)C[C@@H](C)NC(=O)N[C@@H]1CCN(CC(F)(F)F)C1=O. The Morgan fingerprint density at radius 2 is 2.05 bits per heavy atom. The molecule has 0 aliphatic carbocycles. The van der Waals surface area contributed by atoms with E-state index >= 15 is 0 Å². The summed E-state index contributed by atoms with van der Waals surface area (Å²) < 4.78 is 36.9. The molecule has 0 spiro atoms. The van der Waals surface area contributed by atoms with Crippen molar-refractivity contribution in [3.63, 3.8) is 0 Å².